The highest BCUT2D eigenvalue weighted by molar-refractivity contribution is 5.98. The molecule has 0 unspecified atom stereocenters. The standard InChI is InChI=1S/C31H24N8/c1-2-6-20(7-3-1)16-32-17-21-14-22(19-33-18-21)25-9-10-27-29(36-25)30(39-38-27)28-15-24-23(11-13-35-31(24)37-28)26-8-4-5-12-34-26/h1-15,18-19,32H,16-17H2,(H,35,37)(H,38,39). The van der Waals surface area contributed by atoms with Crippen LogP contribution in [0.4, 0.5) is 0 Å². The van der Waals surface area contributed by atoms with E-state index in [-0.39, 0.29) is 0 Å². The SMILES string of the molecule is c1ccc(CNCc2cncc(-c3ccc4[nH]nc(-c5cc6c(-c7ccccn7)ccnc6[nH]5)c4n3)c2)cc1. The molecule has 8 heteroatoms. The second kappa shape index (κ2) is 9.92. The predicted octanol–water partition coefficient (Wildman–Crippen LogP) is 5.92. The van der Waals surface area contributed by atoms with Gasteiger partial charge in [0.25, 0.3) is 0 Å². The average molecular weight is 509 g/mol. The second-order valence-corrected chi connectivity index (χ2v) is 9.35. The smallest absolute Gasteiger partial charge is 0.138 e. The Bertz CT molecular complexity index is 1890. The molecule has 1 aromatic carbocycles. The molecule has 3 N–H and O–H groups in total. The lowest BCUT2D eigenvalue weighted by Gasteiger charge is -2.07. The molecule has 0 amide bonds. The van der Waals surface area contributed by atoms with Crippen LogP contribution in [-0.2, 0) is 13.1 Å². The van der Waals surface area contributed by atoms with E-state index in [0.29, 0.717) is 0 Å². The molecule has 7 aromatic rings. The number of hydrogen-bond acceptors (Lipinski definition) is 6. The summed E-state index contributed by atoms with van der Waals surface area (Å²) >= 11 is 0. The number of pyridine rings is 4. The molecule has 0 spiro atoms. The number of nitrogens with one attached hydrogen (secondary N) is 3. The highest BCUT2D eigenvalue weighted by atomic mass is 15.1. The number of hydrogen-bond donors (Lipinski definition) is 3. The van der Waals surface area contributed by atoms with Crippen molar-refractivity contribution in [1.29, 1.82) is 0 Å². The molecule has 0 atom stereocenters. The van der Waals surface area contributed by atoms with Gasteiger partial charge < -0.3 is 10.3 Å². The van der Waals surface area contributed by atoms with Crippen LogP contribution in [0.5, 0.6) is 0 Å². The van der Waals surface area contributed by atoms with Gasteiger partial charge in [-0.05, 0) is 53.6 Å². The fourth-order valence-corrected chi connectivity index (χ4v) is 4.82. The van der Waals surface area contributed by atoms with Crippen LogP contribution in [0.1, 0.15) is 11.1 Å². The lowest BCUT2D eigenvalue weighted by molar-refractivity contribution is 0.691. The van der Waals surface area contributed by atoms with Crippen LogP contribution >= 0.6 is 0 Å². The Morgan fingerprint density at radius 1 is 0.744 bits per heavy atom. The third kappa shape index (κ3) is 4.54. The molecule has 6 aromatic heterocycles. The van der Waals surface area contributed by atoms with Gasteiger partial charge in [-0.3, -0.25) is 15.1 Å². The van der Waals surface area contributed by atoms with E-state index in [1.54, 1.807) is 12.4 Å². The van der Waals surface area contributed by atoms with Gasteiger partial charge in [0.05, 0.1) is 22.6 Å². The highest BCUT2D eigenvalue weighted by Gasteiger charge is 2.16. The van der Waals surface area contributed by atoms with Gasteiger partial charge in [-0.1, -0.05) is 36.4 Å². The van der Waals surface area contributed by atoms with E-state index < -0.39 is 0 Å². The van der Waals surface area contributed by atoms with E-state index >= 15 is 0 Å². The maximum Gasteiger partial charge on any atom is 0.138 e. The molecular formula is C31H24N8. The first-order chi connectivity index (χ1) is 19.3. The molecule has 8 nitrogen and oxygen atoms in total. The van der Waals surface area contributed by atoms with Gasteiger partial charge in [0.15, 0.2) is 0 Å². The van der Waals surface area contributed by atoms with Gasteiger partial charge in [-0.25, -0.2) is 9.97 Å². The molecule has 0 bridgehead atoms. The fraction of sp³-hybridized carbons (Fsp3) is 0.0645. The van der Waals surface area contributed by atoms with Crippen molar-refractivity contribution >= 4 is 22.1 Å². The molecule has 0 radical (unpaired) electrons. The molecule has 39 heavy (non-hydrogen) atoms. The molecule has 0 saturated heterocycles. The molecule has 188 valence electrons. The fourth-order valence-electron chi connectivity index (χ4n) is 4.82. The van der Waals surface area contributed by atoms with Crippen molar-refractivity contribution in [2.75, 3.05) is 0 Å². The van der Waals surface area contributed by atoms with Crippen molar-refractivity contribution < 1.29 is 0 Å². The zero-order chi connectivity index (χ0) is 26.0. The Morgan fingerprint density at radius 3 is 2.54 bits per heavy atom. The first-order valence-corrected chi connectivity index (χ1v) is 12.8. The summed E-state index contributed by atoms with van der Waals surface area (Å²) in [6, 6.07) is 26.4. The molecule has 0 aliphatic carbocycles. The van der Waals surface area contributed by atoms with Gasteiger partial charge in [0.2, 0.25) is 0 Å². The third-order valence-corrected chi connectivity index (χ3v) is 6.73. The Hall–Kier alpha value is -5.21. The number of fused-ring (bicyclic) bond motifs is 2. The lowest BCUT2D eigenvalue weighted by Crippen LogP contribution is -2.12. The zero-order valence-corrected chi connectivity index (χ0v) is 21.0. The van der Waals surface area contributed by atoms with Crippen LogP contribution in [0.25, 0.3) is 56.0 Å². The zero-order valence-electron chi connectivity index (χ0n) is 21.0. The second-order valence-electron chi connectivity index (χ2n) is 9.35. The van der Waals surface area contributed by atoms with E-state index in [1.165, 1.54) is 5.56 Å². The summed E-state index contributed by atoms with van der Waals surface area (Å²) in [5, 5.41) is 12.2. The Morgan fingerprint density at radius 2 is 1.64 bits per heavy atom. The van der Waals surface area contributed by atoms with Gasteiger partial charge >= 0.3 is 0 Å². The van der Waals surface area contributed by atoms with E-state index in [4.69, 9.17) is 4.98 Å². The Labute approximate surface area is 224 Å². The number of nitrogens with zero attached hydrogens (tertiary/aromatic N) is 5. The highest BCUT2D eigenvalue weighted by Crippen LogP contribution is 2.32. The minimum Gasteiger partial charge on any atom is -0.338 e. The van der Waals surface area contributed by atoms with Crippen LogP contribution in [0.2, 0.25) is 0 Å². The normalized spacial score (nSPS) is 11.4. The monoisotopic (exact) mass is 508 g/mol. The number of aromatic amines is 2. The first-order valence-electron chi connectivity index (χ1n) is 12.8. The quantitative estimate of drug-likeness (QED) is 0.247. The summed E-state index contributed by atoms with van der Waals surface area (Å²) in [4.78, 5) is 22.0. The van der Waals surface area contributed by atoms with Gasteiger partial charge in [0, 0.05) is 54.4 Å². The van der Waals surface area contributed by atoms with E-state index in [2.05, 4.69) is 71.8 Å². The van der Waals surface area contributed by atoms with Gasteiger partial charge in [0.1, 0.15) is 16.9 Å². The van der Waals surface area contributed by atoms with Gasteiger partial charge in [-0.15, -0.1) is 0 Å². The number of aromatic nitrogens is 7. The molecule has 6 heterocycles. The van der Waals surface area contributed by atoms with E-state index in [9.17, 15) is 0 Å². The van der Waals surface area contributed by atoms with E-state index in [1.807, 2.05) is 54.9 Å². The van der Waals surface area contributed by atoms with E-state index in [0.717, 1.165) is 74.6 Å². The molecule has 7 rings (SSSR count). The number of benzene rings is 1. The summed E-state index contributed by atoms with van der Waals surface area (Å²) in [7, 11) is 0. The number of H-pyrrole nitrogens is 2. The summed E-state index contributed by atoms with van der Waals surface area (Å²) in [5.41, 5.74) is 10.1. The van der Waals surface area contributed by atoms with Crippen molar-refractivity contribution in [3.05, 3.63) is 115 Å². The van der Waals surface area contributed by atoms with Crippen molar-refractivity contribution in [3.8, 4) is 33.9 Å². The van der Waals surface area contributed by atoms with Crippen LogP contribution in [-0.4, -0.2) is 35.1 Å². The topological polar surface area (TPSA) is 108 Å². The number of rotatable bonds is 7. The molecule has 0 fully saturated rings. The Balaban J connectivity index is 1.20. The first kappa shape index (κ1) is 22.9. The largest absolute Gasteiger partial charge is 0.338 e. The van der Waals surface area contributed by atoms with Crippen molar-refractivity contribution in [3.63, 3.8) is 0 Å². The third-order valence-electron chi connectivity index (χ3n) is 6.73. The average Bonchev–Trinajstić information content (AvgIpc) is 3.62. The van der Waals surface area contributed by atoms with Crippen LogP contribution in [0, 0.1) is 0 Å². The van der Waals surface area contributed by atoms with Crippen LogP contribution in [0.15, 0.2) is 104 Å². The molecular weight excluding hydrogens is 484 g/mol. The maximum absolute atomic E-state index is 4.99. The van der Waals surface area contributed by atoms with Gasteiger partial charge in [-0.2, -0.15) is 5.10 Å². The molecule has 0 saturated carbocycles. The summed E-state index contributed by atoms with van der Waals surface area (Å²) in [6.07, 6.45) is 7.33. The van der Waals surface area contributed by atoms with Crippen LogP contribution in [0.3, 0.4) is 0 Å². The van der Waals surface area contributed by atoms with Crippen LogP contribution < -0.4 is 5.32 Å². The minimum absolute atomic E-state index is 0.718. The minimum atomic E-state index is 0.718. The summed E-state index contributed by atoms with van der Waals surface area (Å²) < 4.78 is 0. The summed E-state index contributed by atoms with van der Waals surface area (Å²) in [6.45, 7) is 1.52. The molecule has 0 aliphatic heterocycles. The Kier molecular flexibility index (Phi) is 5.84. The van der Waals surface area contributed by atoms with Crippen molar-refractivity contribution in [2.45, 2.75) is 13.1 Å². The summed E-state index contributed by atoms with van der Waals surface area (Å²) in [5.74, 6) is 0. The molecule has 0 aliphatic rings. The predicted molar refractivity (Wildman–Crippen MR) is 152 cm³/mol. The maximum atomic E-state index is 4.99. The lowest BCUT2D eigenvalue weighted by atomic mass is 10.1. The van der Waals surface area contributed by atoms with Crippen molar-refractivity contribution in [1.82, 2.24) is 40.4 Å². The van der Waals surface area contributed by atoms with Crippen molar-refractivity contribution in [2.24, 2.45) is 0 Å².